The Labute approximate surface area is 192 Å². The minimum Gasteiger partial charge on any atom is -0.368 e. The second-order valence-corrected chi connectivity index (χ2v) is 11.1. The molecular weight excluding hydrogens is 418 g/mol. The molecule has 0 radical (unpaired) electrons. The van der Waals surface area contributed by atoms with Gasteiger partial charge in [0, 0.05) is 48.7 Å². The molecule has 0 spiro atoms. The number of anilines is 2. The smallest absolute Gasteiger partial charge is 0.264 e. The van der Waals surface area contributed by atoms with E-state index in [9.17, 15) is 8.42 Å². The van der Waals surface area contributed by atoms with Crippen molar-refractivity contribution in [3.8, 4) is 0 Å². The Bertz CT molecular complexity index is 1210. The van der Waals surface area contributed by atoms with Crippen LogP contribution in [0.5, 0.6) is 0 Å². The molecule has 3 aromatic rings. The summed E-state index contributed by atoms with van der Waals surface area (Å²) >= 11 is 0. The third-order valence-corrected chi connectivity index (χ3v) is 8.13. The molecule has 1 aliphatic rings. The predicted molar refractivity (Wildman–Crippen MR) is 134 cm³/mol. The van der Waals surface area contributed by atoms with Crippen molar-refractivity contribution in [2.24, 2.45) is 0 Å². The Morgan fingerprint density at radius 1 is 0.906 bits per heavy atom. The average molecular weight is 452 g/mol. The van der Waals surface area contributed by atoms with E-state index in [-0.39, 0.29) is 5.92 Å². The zero-order chi connectivity index (χ0) is 23.0. The van der Waals surface area contributed by atoms with Gasteiger partial charge in [-0.05, 0) is 43.5 Å². The van der Waals surface area contributed by atoms with E-state index in [0.717, 1.165) is 40.8 Å². The fourth-order valence-corrected chi connectivity index (χ4v) is 6.24. The van der Waals surface area contributed by atoms with Gasteiger partial charge in [-0.1, -0.05) is 56.3 Å². The van der Waals surface area contributed by atoms with Gasteiger partial charge in [0.05, 0.1) is 10.6 Å². The summed E-state index contributed by atoms with van der Waals surface area (Å²) in [6.07, 6.45) is 0. The van der Waals surface area contributed by atoms with E-state index in [4.69, 9.17) is 0 Å². The van der Waals surface area contributed by atoms with E-state index in [0.29, 0.717) is 17.0 Å². The summed E-state index contributed by atoms with van der Waals surface area (Å²) in [5, 5.41) is 5.30. The SMILES string of the molecule is CC1CN(c2ccc(S(=O)(=O)N(C)c3ccccc3C(C)C)c3ccccc23)CC(C)N1. The normalized spacial score (nSPS) is 19.5. The van der Waals surface area contributed by atoms with E-state index in [1.165, 1.54) is 4.31 Å². The number of nitrogens with one attached hydrogen (secondary N) is 1. The van der Waals surface area contributed by atoms with Crippen LogP contribution in [0.3, 0.4) is 0 Å². The fourth-order valence-electron chi connectivity index (χ4n) is 4.82. The van der Waals surface area contributed by atoms with Gasteiger partial charge in [-0.25, -0.2) is 8.42 Å². The molecule has 1 saturated heterocycles. The summed E-state index contributed by atoms with van der Waals surface area (Å²) in [5.41, 5.74) is 2.83. The molecule has 0 aromatic heterocycles. The molecule has 1 aliphatic heterocycles. The van der Waals surface area contributed by atoms with Crippen LogP contribution in [0.15, 0.2) is 65.6 Å². The highest BCUT2D eigenvalue weighted by molar-refractivity contribution is 7.93. The number of piperazine rings is 1. The monoisotopic (exact) mass is 451 g/mol. The van der Waals surface area contributed by atoms with Crippen LogP contribution in [0.2, 0.25) is 0 Å². The van der Waals surface area contributed by atoms with Crippen LogP contribution in [-0.2, 0) is 10.0 Å². The molecular formula is C26H33N3O2S. The minimum absolute atomic E-state index is 0.222. The topological polar surface area (TPSA) is 52.7 Å². The van der Waals surface area contributed by atoms with E-state index >= 15 is 0 Å². The van der Waals surface area contributed by atoms with Gasteiger partial charge in [0.2, 0.25) is 0 Å². The lowest BCUT2D eigenvalue weighted by Crippen LogP contribution is -2.54. The zero-order valence-corrected chi connectivity index (χ0v) is 20.4. The first-order valence-corrected chi connectivity index (χ1v) is 12.7. The van der Waals surface area contributed by atoms with Crippen LogP contribution < -0.4 is 14.5 Å². The molecule has 32 heavy (non-hydrogen) atoms. The van der Waals surface area contributed by atoms with E-state index in [1.54, 1.807) is 13.1 Å². The quantitative estimate of drug-likeness (QED) is 0.595. The lowest BCUT2D eigenvalue weighted by atomic mass is 10.0. The lowest BCUT2D eigenvalue weighted by Gasteiger charge is -2.38. The summed E-state index contributed by atoms with van der Waals surface area (Å²) in [4.78, 5) is 2.71. The Hall–Kier alpha value is -2.57. The Morgan fingerprint density at radius 3 is 2.16 bits per heavy atom. The van der Waals surface area contributed by atoms with Gasteiger partial charge in [-0.15, -0.1) is 0 Å². The van der Waals surface area contributed by atoms with Crippen LogP contribution in [-0.4, -0.2) is 40.6 Å². The molecule has 0 aliphatic carbocycles. The number of hydrogen-bond donors (Lipinski definition) is 1. The molecule has 0 bridgehead atoms. The molecule has 6 heteroatoms. The highest BCUT2D eigenvalue weighted by Crippen LogP contribution is 2.36. The van der Waals surface area contributed by atoms with E-state index < -0.39 is 10.0 Å². The van der Waals surface area contributed by atoms with E-state index in [2.05, 4.69) is 37.9 Å². The van der Waals surface area contributed by atoms with Crippen molar-refractivity contribution in [2.75, 3.05) is 29.3 Å². The van der Waals surface area contributed by atoms with Crippen molar-refractivity contribution in [2.45, 2.75) is 50.6 Å². The molecule has 1 fully saturated rings. The second-order valence-electron chi connectivity index (χ2n) is 9.19. The summed E-state index contributed by atoms with van der Waals surface area (Å²) in [6.45, 7) is 10.3. The number of fused-ring (bicyclic) bond motifs is 1. The number of nitrogens with zero attached hydrogens (tertiary/aromatic N) is 2. The lowest BCUT2D eigenvalue weighted by molar-refractivity contribution is 0.407. The molecule has 2 unspecified atom stereocenters. The first kappa shape index (κ1) is 22.6. The van der Waals surface area contributed by atoms with Crippen molar-refractivity contribution < 1.29 is 8.42 Å². The average Bonchev–Trinajstić information content (AvgIpc) is 2.77. The minimum atomic E-state index is -3.74. The maximum absolute atomic E-state index is 13.8. The van der Waals surface area contributed by atoms with Crippen LogP contribution in [0.4, 0.5) is 11.4 Å². The number of para-hydroxylation sites is 1. The van der Waals surface area contributed by atoms with E-state index in [1.807, 2.05) is 54.6 Å². The molecule has 4 rings (SSSR count). The Morgan fingerprint density at radius 2 is 1.50 bits per heavy atom. The largest absolute Gasteiger partial charge is 0.368 e. The molecule has 3 aromatic carbocycles. The number of benzene rings is 3. The molecule has 2 atom stereocenters. The third kappa shape index (κ3) is 4.09. The van der Waals surface area contributed by atoms with Crippen molar-refractivity contribution in [1.82, 2.24) is 5.32 Å². The summed E-state index contributed by atoms with van der Waals surface area (Å²) in [6, 6.07) is 20.1. The van der Waals surface area contributed by atoms with Crippen LogP contribution in [0, 0.1) is 0 Å². The summed E-state index contributed by atoms with van der Waals surface area (Å²) in [7, 11) is -2.09. The third-order valence-electron chi connectivity index (χ3n) is 6.30. The van der Waals surface area contributed by atoms with Crippen molar-refractivity contribution in [1.29, 1.82) is 0 Å². The molecule has 0 amide bonds. The van der Waals surface area contributed by atoms with Gasteiger partial charge in [-0.3, -0.25) is 4.31 Å². The first-order chi connectivity index (χ1) is 15.2. The highest BCUT2D eigenvalue weighted by atomic mass is 32.2. The van der Waals surface area contributed by atoms with Crippen LogP contribution in [0.1, 0.15) is 39.2 Å². The van der Waals surface area contributed by atoms with Crippen LogP contribution in [0.25, 0.3) is 10.8 Å². The van der Waals surface area contributed by atoms with Gasteiger partial charge >= 0.3 is 0 Å². The predicted octanol–water partition coefficient (Wildman–Crippen LogP) is 4.97. The molecule has 5 nitrogen and oxygen atoms in total. The zero-order valence-electron chi connectivity index (χ0n) is 19.5. The summed E-state index contributed by atoms with van der Waals surface area (Å²) in [5.74, 6) is 0.222. The Balaban J connectivity index is 1.82. The van der Waals surface area contributed by atoms with Gasteiger partial charge in [0.1, 0.15) is 0 Å². The first-order valence-electron chi connectivity index (χ1n) is 11.3. The van der Waals surface area contributed by atoms with Crippen molar-refractivity contribution in [3.05, 3.63) is 66.2 Å². The molecule has 170 valence electrons. The van der Waals surface area contributed by atoms with Crippen molar-refractivity contribution in [3.63, 3.8) is 0 Å². The van der Waals surface area contributed by atoms with Gasteiger partial charge in [0.25, 0.3) is 10.0 Å². The molecule has 1 heterocycles. The number of sulfonamides is 1. The maximum Gasteiger partial charge on any atom is 0.264 e. The second kappa shape index (κ2) is 8.75. The fraction of sp³-hybridized carbons (Fsp3) is 0.385. The number of hydrogen-bond acceptors (Lipinski definition) is 4. The van der Waals surface area contributed by atoms with Gasteiger partial charge < -0.3 is 10.2 Å². The van der Waals surface area contributed by atoms with Crippen molar-refractivity contribution >= 4 is 32.2 Å². The Kier molecular flexibility index (Phi) is 6.19. The van der Waals surface area contributed by atoms with Gasteiger partial charge in [-0.2, -0.15) is 0 Å². The summed E-state index contributed by atoms with van der Waals surface area (Å²) < 4.78 is 29.1. The highest BCUT2D eigenvalue weighted by Gasteiger charge is 2.28. The van der Waals surface area contributed by atoms with Crippen LogP contribution >= 0.6 is 0 Å². The number of rotatable bonds is 5. The van der Waals surface area contributed by atoms with Gasteiger partial charge in [0.15, 0.2) is 0 Å². The molecule has 0 saturated carbocycles. The molecule has 1 N–H and O–H groups in total. The standard InChI is InChI=1S/C26H33N3O2S/c1-18(2)21-10-8-9-13-24(21)28(5)32(30,31)26-15-14-25(22-11-6-7-12-23(22)26)29-16-19(3)27-20(4)17-29/h6-15,18-20,27H,16-17H2,1-5H3. The maximum atomic E-state index is 13.8.